The smallest absolute Gasteiger partial charge is 0.302 e. The SMILES string of the molecule is CC(=O)O[C@H]1CC[C@@]2(C)[C@@H](CC[C@@H]3[C@@H]2CC[C@]2(C)[C@@H](N)[C@H](O)C[C@@H]32)C1. The summed E-state index contributed by atoms with van der Waals surface area (Å²) in [5.74, 6) is 2.59. The third kappa shape index (κ3) is 2.58. The van der Waals surface area contributed by atoms with Gasteiger partial charge in [0.1, 0.15) is 6.10 Å². The molecule has 0 amide bonds. The van der Waals surface area contributed by atoms with Crippen LogP contribution in [0, 0.1) is 34.5 Å². The second kappa shape index (κ2) is 5.95. The molecule has 0 aromatic carbocycles. The van der Waals surface area contributed by atoms with Crippen LogP contribution in [-0.4, -0.2) is 29.3 Å². The number of aliphatic hydroxyl groups excluding tert-OH is 1. The fourth-order valence-electron chi connectivity index (χ4n) is 7.61. The Morgan fingerprint density at radius 1 is 1.04 bits per heavy atom. The van der Waals surface area contributed by atoms with Crippen molar-refractivity contribution in [1.82, 2.24) is 0 Å². The number of esters is 1. The van der Waals surface area contributed by atoms with Crippen molar-refractivity contribution in [2.75, 3.05) is 0 Å². The first kappa shape index (κ1) is 17.8. The summed E-state index contributed by atoms with van der Waals surface area (Å²) in [4.78, 5) is 11.3. The zero-order valence-electron chi connectivity index (χ0n) is 16.0. The third-order valence-corrected chi connectivity index (χ3v) is 9.06. The van der Waals surface area contributed by atoms with E-state index in [9.17, 15) is 9.90 Å². The summed E-state index contributed by atoms with van der Waals surface area (Å²) in [6.07, 6.45) is 8.86. The van der Waals surface area contributed by atoms with Crippen LogP contribution in [-0.2, 0) is 9.53 Å². The van der Waals surface area contributed by atoms with Gasteiger partial charge in [0.2, 0.25) is 0 Å². The Morgan fingerprint density at radius 3 is 2.48 bits per heavy atom. The van der Waals surface area contributed by atoms with Gasteiger partial charge in [-0.15, -0.1) is 0 Å². The Bertz CT molecular complexity index is 551. The van der Waals surface area contributed by atoms with Gasteiger partial charge < -0.3 is 15.6 Å². The van der Waals surface area contributed by atoms with E-state index in [1.54, 1.807) is 0 Å². The monoisotopic (exact) mass is 349 g/mol. The molecule has 4 aliphatic carbocycles. The highest BCUT2D eigenvalue weighted by Crippen LogP contribution is 2.66. The molecule has 0 unspecified atom stereocenters. The highest BCUT2D eigenvalue weighted by atomic mass is 16.5. The standard InChI is InChI=1S/C21H35NO3/c1-12(23)25-14-6-8-20(2)13(10-14)4-5-15-16(20)7-9-21(3)17(15)11-18(24)19(21)22/h13-19,24H,4-11,22H2,1-3H3/t13-,14-,15+,16-,17-,18+,19-,20-,21-/m0/s1. The molecule has 0 heterocycles. The van der Waals surface area contributed by atoms with E-state index in [0.717, 1.165) is 31.6 Å². The van der Waals surface area contributed by atoms with E-state index in [1.807, 2.05) is 0 Å². The summed E-state index contributed by atoms with van der Waals surface area (Å²) < 4.78 is 5.55. The van der Waals surface area contributed by atoms with Crippen molar-refractivity contribution in [3.8, 4) is 0 Å². The summed E-state index contributed by atoms with van der Waals surface area (Å²) >= 11 is 0. The maximum Gasteiger partial charge on any atom is 0.302 e. The fourth-order valence-corrected chi connectivity index (χ4v) is 7.61. The topological polar surface area (TPSA) is 72.5 Å². The maximum atomic E-state index is 11.3. The van der Waals surface area contributed by atoms with E-state index in [1.165, 1.54) is 32.6 Å². The van der Waals surface area contributed by atoms with Gasteiger partial charge in [-0.1, -0.05) is 13.8 Å². The number of hydrogen-bond acceptors (Lipinski definition) is 4. The number of aliphatic hydroxyl groups is 1. The number of nitrogens with two attached hydrogens (primary N) is 1. The van der Waals surface area contributed by atoms with Gasteiger partial charge in [0.15, 0.2) is 0 Å². The van der Waals surface area contributed by atoms with Crippen LogP contribution in [0.25, 0.3) is 0 Å². The number of rotatable bonds is 1. The minimum atomic E-state index is -0.320. The molecule has 9 atom stereocenters. The molecule has 25 heavy (non-hydrogen) atoms. The predicted octanol–water partition coefficient (Wildman–Crippen LogP) is 3.26. The first-order valence-corrected chi connectivity index (χ1v) is 10.4. The van der Waals surface area contributed by atoms with Crippen LogP contribution < -0.4 is 5.73 Å². The number of carbonyl (C=O) groups is 1. The van der Waals surface area contributed by atoms with Crippen molar-refractivity contribution in [2.24, 2.45) is 40.2 Å². The summed E-state index contributed by atoms with van der Waals surface area (Å²) in [5, 5.41) is 10.4. The van der Waals surface area contributed by atoms with Crippen LogP contribution in [0.4, 0.5) is 0 Å². The predicted molar refractivity (Wildman–Crippen MR) is 96.6 cm³/mol. The minimum absolute atomic E-state index is 0.0521. The maximum absolute atomic E-state index is 11.3. The van der Waals surface area contributed by atoms with Gasteiger partial charge in [0.25, 0.3) is 0 Å². The van der Waals surface area contributed by atoms with Gasteiger partial charge in [0.05, 0.1) is 6.10 Å². The molecule has 0 saturated heterocycles. The molecule has 4 aliphatic rings. The number of ether oxygens (including phenoxy) is 1. The van der Waals surface area contributed by atoms with E-state index in [-0.39, 0.29) is 29.6 Å². The summed E-state index contributed by atoms with van der Waals surface area (Å²) in [5.41, 5.74) is 6.92. The lowest BCUT2D eigenvalue weighted by atomic mass is 9.45. The number of fused-ring (bicyclic) bond motifs is 5. The molecular weight excluding hydrogens is 314 g/mol. The lowest BCUT2D eigenvalue weighted by molar-refractivity contribution is -0.159. The largest absolute Gasteiger partial charge is 0.463 e. The summed E-state index contributed by atoms with van der Waals surface area (Å²) in [6, 6.07) is -0.0521. The van der Waals surface area contributed by atoms with Gasteiger partial charge in [-0.05, 0) is 85.9 Å². The third-order valence-electron chi connectivity index (χ3n) is 9.06. The first-order valence-electron chi connectivity index (χ1n) is 10.4. The molecule has 0 spiro atoms. The zero-order valence-corrected chi connectivity index (χ0v) is 16.0. The summed E-state index contributed by atoms with van der Waals surface area (Å²) in [7, 11) is 0. The van der Waals surface area contributed by atoms with Crippen LogP contribution in [0.3, 0.4) is 0 Å². The van der Waals surface area contributed by atoms with Gasteiger partial charge in [-0.25, -0.2) is 0 Å². The lowest BCUT2D eigenvalue weighted by Crippen LogP contribution is -2.55. The molecule has 0 aliphatic heterocycles. The van der Waals surface area contributed by atoms with Crippen molar-refractivity contribution in [2.45, 2.75) is 90.4 Å². The highest BCUT2D eigenvalue weighted by molar-refractivity contribution is 5.66. The Labute approximate surface area is 151 Å². The first-order chi connectivity index (χ1) is 11.8. The quantitative estimate of drug-likeness (QED) is 0.713. The van der Waals surface area contributed by atoms with E-state index in [2.05, 4.69) is 13.8 Å². The Morgan fingerprint density at radius 2 is 1.76 bits per heavy atom. The van der Waals surface area contributed by atoms with Crippen LogP contribution in [0.5, 0.6) is 0 Å². The second-order valence-electron chi connectivity index (χ2n) is 10.0. The van der Waals surface area contributed by atoms with Gasteiger partial charge in [0, 0.05) is 13.0 Å². The molecule has 0 radical (unpaired) electrons. The zero-order chi connectivity index (χ0) is 18.0. The van der Waals surface area contributed by atoms with Crippen LogP contribution in [0.1, 0.15) is 72.1 Å². The van der Waals surface area contributed by atoms with Gasteiger partial charge >= 0.3 is 5.97 Å². The van der Waals surface area contributed by atoms with Crippen LogP contribution in [0.2, 0.25) is 0 Å². The molecule has 4 heteroatoms. The number of hydrogen-bond donors (Lipinski definition) is 2. The van der Waals surface area contributed by atoms with Gasteiger partial charge in [-0.3, -0.25) is 4.79 Å². The van der Waals surface area contributed by atoms with Crippen molar-refractivity contribution < 1.29 is 14.6 Å². The molecule has 0 aromatic heterocycles. The van der Waals surface area contributed by atoms with Crippen molar-refractivity contribution in [3.05, 3.63) is 0 Å². The fraction of sp³-hybridized carbons (Fsp3) is 0.952. The molecule has 4 fully saturated rings. The molecular formula is C21H35NO3. The molecule has 4 rings (SSSR count). The lowest BCUT2D eigenvalue weighted by Gasteiger charge is -2.60. The number of carbonyl (C=O) groups excluding carboxylic acids is 1. The van der Waals surface area contributed by atoms with Crippen LogP contribution in [0.15, 0.2) is 0 Å². The van der Waals surface area contributed by atoms with E-state index in [4.69, 9.17) is 10.5 Å². The minimum Gasteiger partial charge on any atom is -0.463 e. The Kier molecular flexibility index (Phi) is 4.23. The Hall–Kier alpha value is -0.610. The molecule has 142 valence electrons. The summed E-state index contributed by atoms with van der Waals surface area (Å²) in [6.45, 7) is 6.37. The molecule has 4 nitrogen and oxygen atoms in total. The van der Waals surface area contributed by atoms with Crippen molar-refractivity contribution in [3.63, 3.8) is 0 Å². The van der Waals surface area contributed by atoms with E-state index >= 15 is 0 Å². The Balaban J connectivity index is 1.54. The van der Waals surface area contributed by atoms with Crippen molar-refractivity contribution in [1.29, 1.82) is 0 Å². The molecule has 3 N–H and O–H groups in total. The normalized spacial score (nSPS) is 55.0. The van der Waals surface area contributed by atoms with E-state index in [0.29, 0.717) is 23.2 Å². The van der Waals surface area contributed by atoms with Crippen LogP contribution >= 0.6 is 0 Å². The second-order valence-corrected chi connectivity index (χ2v) is 10.0. The average molecular weight is 350 g/mol. The molecule has 4 saturated carbocycles. The van der Waals surface area contributed by atoms with E-state index < -0.39 is 0 Å². The average Bonchev–Trinajstić information content (AvgIpc) is 2.78. The molecule has 0 bridgehead atoms. The highest BCUT2D eigenvalue weighted by Gasteiger charge is 2.61. The van der Waals surface area contributed by atoms with Crippen molar-refractivity contribution >= 4 is 5.97 Å². The molecule has 0 aromatic rings. The van der Waals surface area contributed by atoms with Gasteiger partial charge in [-0.2, -0.15) is 0 Å².